The van der Waals surface area contributed by atoms with Crippen LogP contribution < -0.4 is 0 Å². The van der Waals surface area contributed by atoms with Crippen molar-refractivity contribution in [3.05, 3.63) is 5.02 Å². The minimum atomic E-state index is -0.103. The second kappa shape index (κ2) is 2.72. The Balaban J connectivity index is 3.20. The lowest BCUT2D eigenvalue weighted by Crippen LogP contribution is -1.90. The summed E-state index contributed by atoms with van der Waals surface area (Å²) in [5, 5.41) is 13.8. The molecule has 1 rings (SSSR count). The molecule has 0 saturated heterocycles. The van der Waals surface area contributed by atoms with Gasteiger partial charge in [-0.15, -0.1) is 16.9 Å². The lowest BCUT2D eigenvalue weighted by atomic mass is 10.7. The third kappa shape index (κ3) is 1.09. The van der Waals surface area contributed by atoms with E-state index in [0.717, 1.165) is 5.03 Å². The van der Waals surface area contributed by atoms with Gasteiger partial charge in [-0.3, -0.25) is 4.68 Å². The van der Waals surface area contributed by atoms with Crippen molar-refractivity contribution in [1.82, 2.24) is 9.78 Å². The Bertz CT molecular complexity index is 248. The Labute approximate surface area is 68.0 Å². The van der Waals surface area contributed by atoms with E-state index in [1.54, 1.807) is 11.7 Å². The summed E-state index contributed by atoms with van der Waals surface area (Å²) in [5.74, 6) is -0.103. The van der Waals surface area contributed by atoms with Crippen molar-refractivity contribution in [2.24, 2.45) is 7.05 Å². The molecule has 0 radical (unpaired) electrons. The molecule has 3 nitrogen and oxygen atoms in total. The molecule has 5 heteroatoms. The van der Waals surface area contributed by atoms with Gasteiger partial charge in [-0.25, -0.2) is 0 Å². The van der Waals surface area contributed by atoms with Crippen LogP contribution in [0.25, 0.3) is 0 Å². The van der Waals surface area contributed by atoms with E-state index < -0.39 is 0 Å². The van der Waals surface area contributed by atoms with Gasteiger partial charge in [0.2, 0.25) is 0 Å². The highest BCUT2D eigenvalue weighted by Crippen LogP contribution is 2.31. The first-order valence-corrected chi connectivity index (χ1v) is 4.22. The summed E-state index contributed by atoms with van der Waals surface area (Å²) in [7, 11) is 1.73. The van der Waals surface area contributed by atoms with Crippen molar-refractivity contribution < 1.29 is 5.11 Å². The van der Waals surface area contributed by atoms with E-state index in [1.807, 2.05) is 6.26 Å². The van der Waals surface area contributed by atoms with E-state index in [4.69, 9.17) is 16.7 Å². The number of rotatable bonds is 1. The van der Waals surface area contributed by atoms with Crippen molar-refractivity contribution in [1.29, 1.82) is 0 Å². The Kier molecular flexibility index (Phi) is 2.11. The van der Waals surface area contributed by atoms with Crippen LogP contribution in [0.15, 0.2) is 5.03 Å². The number of thioether (sulfide) groups is 1. The van der Waals surface area contributed by atoms with Gasteiger partial charge in [0, 0.05) is 7.05 Å². The molecule has 1 heterocycles. The molecule has 0 spiro atoms. The molecule has 0 aliphatic carbocycles. The summed E-state index contributed by atoms with van der Waals surface area (Å²) in [4.78, 5) is 0. The lowest BCUT2D eigenvalue weighted by molar-refractivity contribution is 0.443. The summed E-state index contributed by atoms with van der Waals surface area (Å²) in [6.45, 7) is 0. The standard InChI is InChI=1S/C5H7ClN2OS/c1-8-5(10-2)3(6)4(9)7-8/h1-2H3,(H,7,9). The molecule has 0 atom stereocenters. The predicted molar refractivity (Wildman–Crippen MR) is 41.7 cm³/mol. The van der Waals surface area contributed by atoms with Gasteiger partial charge < -0.3 is 5.11 Å². The van der Waals surface area contributed by atoms with Crippen molar-refractivity contribution in [3.8, 4) is 5.88 Å². The zero-order valence-electron chi connectivity index (χ0n) is 5.63. The molecule has 0 aromatic carbocycles. The van der Waals surface area contributed by atoms with E-state index >= 15 is 0 Å². The fourth-order valence-corrected chi connectivity index (χ4v) is 1.66. The Morgan fingerprint density at radius 2 is 2.30 bits per heavy atom. The van der Waals surface area contributed by atoms with Crippen LogP contribution in [0.3, 0.4) is 0 Å². The first kappa shape index (κ1) is 7.75. The molecule has 0 aliphatic rings. The third-order valence-electron chi connectivity index (χ3n) is 1.12. The van der Waals surface area contributed by atoms with Gasteiger partial charge in [-0.2, -0.15) is 0 Å². The van der Waals surface area contributed by atoms with Crippen molar-refractivity contribution in [2.45, 2.75) is 5.03 Å². The molecular formula is C5H7ClN2OS. The molecule has 56 valence electrons. The van der Waals surface area contributed by atoms with Gasteiger partial charge in [0.05, 0.1) is 0 Å². The molecule has 0 amide bonds. The van der Waals surface area contributed by atoms with Crippen LogP contribution in [0.2, 0.25) is 5.02 Å². The van der Waals surface area contributed by atoms with Crippen LogP contribution in [-0.2, 0) is 7.05 Å². The normalized spacial score (nSPS) is 10.3. The number of hydrogen-bond acceptors (Lipinski definition) is 3. The number of hydrogen-bond donors (Lipinski definition) is 1. The average molecular weight is 179 g/mol. The monoisotopic (exact) mass is 178 g/mol. The van der Waals surface area contributed by atoms with Gasteiger partial charge in [0.15, 0.2) is 0 Å². The summed E-state index contributed by atoms with van der Waals surface area (Å²) in [6, 6.07) is 0. The highest BCUT2D eigenvalue weighted by molar-refractivity contribution is 7.98. The van der Waals surface area contributed by atoms with Crippen molar-refractivity contribution >= 4 is 23.4 Å². The van der Waals surface area contributed by atoms with E-state index in [-0.39, 0.29) is 5.88 Å². The molecule has 0 fully saturated rings. The first-order valence-electron chi connectivity index (χ1n) is 2.62. The van der Waals surface area contributed by atoms with E-state index in [2.05, 4.69) is 5.10 Å². The maximum Gasteiger partial charge on any atom is 0.250 e. The average Bonchev–Trinajstić information content (AvgIpc) is 2.09. The highest BCUT2D eigenvalue weighted by atomic mass is 35.5. The molecule has 1 aromatic rings. The lowest BCUT2D eigenvalue weighted by Gasteiger charge is -1.93. The van der Waals surface area contributed by atoms with Gasteiger partial charge >= 0.3 is 0 Å². The van der Waals surface area contributed by atoms with E-state index in [0.29, 0.717) is 5.02 Å². The fourth-order valence-electron chi connectivity index (χ4n) is 0.691. The molecule has 1 aromatic heterocycles. The zero-order chi connectivity index (χ0) is 7.72. The van der Waals surface area contributed by atoms with Gasteiger partial charge in [0.1, 0.15) is 10.0 Å². The Morgan fingerprint density at radius 1 is 1.70 bits per heavy atom. The van der Waals surface area contributed by atoms with Gasteiger partial charge in [-0.05, 0) is 6.26 Å². The minimum absolute atomic E-state index is 0.103. The highest BCUT2D eigenvalue weighted by Gasteiger charge is 2.10. The number of halogens is 1. The quantitative estimate of drug-likeness (QED) is 0.663. The van der Waals surface area contributed by atoms with Crippen molar-refractivity contribution in [3.63, 3.8) is 0 Å². The first-order chi connectivity index (χ1) is 4.66. The fraction of sp³-hybridized carbons (Fsp3) is 0.400. The largest absolute Gasteiger partial charge is 0.491 e. The second-order valence-corrected chi connectivity index (χ2v) is 2.94. The third-order valence-corrected chi connectivity index (χ3v) is 2.43. The summed E-state index contributed by atoms with van der Waals surface area (Å²) in [5.41, 5.74) is 0. The van der Waals surface area contributed by atoms with Crippen LogP contribution in [0.4, 0.5) is 0 Å². The number of aromatic hydroxyl groups is 1. The predicted octanol–water partition coefficient (Wildman–Crippen LogP) is 1.50. The molecule has 10 heavy (non-hydrogen) atoms. The number of aryl methyl sites for hydroxylation is 1. The van der Waals surface area contributed by atoms with Crippen molar-refractivity contribution in [2.75, 3.05) is 6.26 Å². The zero-order valence-corrected chi connectivity index (χ0v) is 7.20. The summed E-state index contributed by atoms with van der Waals surface area (Å²) in [6.07, 6.45) is 1.88. The van der Waals surface area contributed by atoms with Crippen LogP contribution in [-0.4, -0.2) is 21.1 Å². The molecule has 0 aliphatic heterocycles. The maximum atomic E-state index is 8.97. The summed E-state index contributed by atoms with van der Waals surface area (Å²) < 4.78 is 1.54. The van der Waals surface area contributed by atoms with Crippen LogP contribution in [0.5, 0.6) is 5.88 Å². The summed E-state index contributed by atoms with van der Waals surface area (Å²) >= 11 is 7.11. The maximum absolute atomic E-state index is 8.97. The number of aromatic nitrogens is 2. The second-order valence-electron chi connectivity index (χ2n) is 1.77. The van der Waals surface area contributed by atoms with E-state index in [1.165, 1.54) is 11.8 Å². The SMILES string of the molecule is CSc1c(Cl)c(O)nn1C. The Morgan fingerprint density at radius 3 is 2.50 bits per heavy atom. The van der Waals surface area contributed by atoms with Crippen LogP contribution in [0.1, 0.15) is 0 Å². The molecule has 0 bridgehead atoms. The molecule has 1 N–H and O–H groups in total. The van der Waals surface area contributed by atoms with Gasteiger partial charge in [-0.1, -0.05) is 11.6 Å². The number of nitrogens with zero attached hydrogens (tertiary/aromatic N) is 2. The van der Waals surface area contributed by atoms with Crippen LogP contribution in [0, 0.1) is 0 Å². The molecular weight excluding hydrogens is 172 g/mol. The minimum Gasteiger partial charge on any atom is -0.491 e. The van der Waals surface area contributed by atoms with Gasteiger partial charge in [0.25, 0.3) is 5.88 Å². The Hall–Kier alpha value is -0.350. The topological polar surface area (TPSA) is 38.1 Å². The van der Waals surface area contributed by atoms with Crippen LogP contribution >= 0.6 is 23.4 Å². The smallest absolute Gasteiger partial charge is 0.250 e. The molecule has 0 saturated carbocycles. The molecule has 0 unspecified atom stereocenters. The van der Waals surface area contributed by atoms with E-state index in [9.17, 15) is 0 Å².